The van der Waals surface area contributed by atoms with Gasteiger partial charge in [0.2, 0.25) is 5.91 Å². The highest BCUT2D eigenvalue weighted by atomic mass is 19.3. The standard InChI is InChI=1S/C13H18F2N2O/c1-8(2)13(18)17-11-6-4-10(5-7-11)16-9(3)12(14)15/h4-9,12,16H,1-3H3,(H,17,18). The minimum absolute atomic E-state index is 0.0725. The van der Waals surface area contributed by atoms with Gasteiger partial charge in [-0.05, 0) is 31.2 Å². The van der Waals surface area contributed by atoms with E-state index in [0.29, 0.717) is 11.4 Å². The van der Waals surface area contributed by atoms with Crippen molar-refractivity contribution < 1.29 is 13.6 Å². The molecule has 0 saturated heterocycles. The molecule has 0 aliphatic heterocycles. The van der Waals surface area contributed by atoms with Crippen molar-refractivity contribution in [2.75, 3.05) is 10.6 Å². The summed E-state index contributed by atoms with van der Waals surface area (Å²) in [5, 5.41) is 5.41. The first-order valence-corrected chi connectivity index (χ1v) is 5.85. The van der Waals surface area contributed by atoms with Crippen LogP contribution in [-0.2, 0) is 4.79 Å². The van der Waals surface area contributed by atoms with Crippen LogP contribution in [0.2, 0.25) is 0 Å². The molecule has 3 nitrogen and oxygen atoms in total. The highest BCUT2D eigenvalue weighted by Crippen LogP contribution is 2.16. The van der Waals surface area contributed by atoms with E-state index in [1.807, 2.05) is 0 Å². The number of halogens is 2. The van der Waals surface area contributed by atoms with Crippen LogP contribution in [-0.4, -0.2) is 18.4 Å². The second-order valence-electron chi connectivity index (χ2n) is 4.49. The Bertz CT molecular complexity index is 390. The Labute approximate surface area is 106 Å². The van der Waals surface area contributed by atoms with E-state index in [4.69, 9.17) is 0 Å². The zero-order chi connectivity index (χ0) is 13.7. The summed E-state index contributed by atoms with van der Waals surface area (Å²) in [6.45, 7) is 5.02. The van der Waals surface area contributed by atoms with Crippen molar-refractivity contribution in [1.29, 1.82) is 0 Å². The smallest absolute Gasteiger partial charge is 0.258 e. The van der Waals surface area contributed by atoms with Gasteiger partial charge in [0.15, 0.2) is 0 Å². The molecule has 0 aromatic heterocycles. The van der Waals surface area contributed by atoms with Gasteiger partial charge in [0.05, 0.1) is 6.04 Å². The summed E-state index contributed by atoms with van der Waals surface area (Å²) in [7, 11) is 0. The molecule has 1 aromatic rings. The number of carbonyl (C=O) groups is 1. The van der Waals surface area contributed by atoms with Gasteiger partial charge in [0.1, 0.15) is 0 Å². The number of anilines is 2. The molecule has 1 rings (SSSR count). The summed E-state index contributed by atoms with van der Waals surface area (Å²) in [5.74, 6) is -0.168. The molecule has 0 radical (unpaired) electrons. The van der Waals surface area contributed by atoms with Crippen LogP contribution in [0.15, 0.2) is 24.3 Å². The monoisotopic (exact) mass is 256 g/mol. The molecule has 0 bridgehead atoms. The molecule has 0 saturated carbocycles. The van der Waals surface area contributed by atoms with Crippen molar-refractivity contribution in [3.8, 4) is 0 Å². The van der Waals surface area contributed by atoms with Crippen molar-refractivity contribution in [1.82, 2.24) is 0 Å². The van der Waals surface area contributed by atoms with Gasteiger partial charge in [-0.3, -0.25) is 4.79 Å². The molecule has 0 aliphatic rings. The fourth-order valence-electron chi connectivity index (χ4n) is 1.26. The van der Waals surface area contributed by atoms with E-state index in [1.54, 1.807) is 38.1 Å². The molecule has 1 amide bonds. The fourth-order valence-corrected chi connectivity index (χ4v) is 1.26. The Morgan fingerprint density at radius 1 is 1.06 bits per heavy atom. The van der Waals surface area contributed by atoms with Gasteiger partial charge in [-0.2, -0.15) is 0 Å². The van der Waals surface area contributed by atoms with E-state index < -0.39 is 12.5 Å². The number of rotatable bonds is 5. The first-order chi connectivity index (χ1) is 8.40. The lowest BCUT2D eigenvalue weighted by molar-refractivity contribution is -0.118. The van der Waals surface area contributed by atoms with Gasteiger partial charge in [0, 0.05) is 17.3 Å². The summed E-state index contributed by atoms with van der Waals surface area (Å²) in [6, 6.07) is 5.78. The van der Waals surface area contributed by atoms with Crippen molar-refractivity contribution >= 4 is 17.3 Å². The van der Waals surface area contributed by atoms with E-state index in [-0.39, 0.29) is 11.8 Å². The molecule has 1 atom stereocenters. The maximum Gasteiger partial charge on any atom is 0.258 e. The third-order valence-corrected chi connectivity index (χ3v) is 2.45. The Hall–Kier alpha value is -1.65. The van der Waals surface area contributed by atoms with Gasteiger partial charge in [-0.1, -0.05) is 13.8 Å². The van der Waals surface area contributed by atoms with Crippen LogP contribution in [0.5, 0.6) is 0 Å². The average Bonchev–Trinajstić information content (AvgIpc) is 2.31. The van der Waals surface area contributed by atoms with Gasteiger partial charge >= 0.3 is 0 Å². The molecule has 1 unspecified atom stereocenters. The second kappa shape index (κ2) is 6.33. The zero-order valence-electron chi connectivity index (χ0n) is 10.7. The predicted octanol–water partition coefficient (Wildman–Crippen LogP) is 3.35. The van der Waals surface area contributed by atoms with E-state index in [1.165, 1.54) is 6.92 Å². The minimum atomic E-state index is -2.41. The second-order valence-corrected chi connectivity index (χ2v) is 4.49. The predicted molar refractivity (Wildman–Crippen MR) is 69.0 cm³/mol. The Kier molecular flexibility index (Phi) is 5.07. The minimum Gasteiger partial charge on any atom is -0.377 e. The Morgan fingerprint density at radius 2 is 1.56 bits per heavy atom. The summed E-state index contributed by atoms with van der Waals surface area (Å²) >= 11 is 0. The topological polar surface area (TPSA) is 41.1 Å². The average molecular weight is 256 g/mol. The maximum absolute atomic E-state index is 12.3. The molecule has 1 aromatic carbocycles. The Morgan fingerprint density at radius 3 is 2.00 bits per heavy atom. The van der Waals surface area contributed by atoms with Gasteiger partial charge < -0.3 is 10.6 Å². The Balaban J connectivity index is 2.60. The van der Waals surface area contributed by atoms with Gasteiger partial charge in [0.25, 0.3) is 6.43 Å². The number of carbonyl (C=O) groups excluding carboxylic acids is 1. The molecule has 0 spiro atoms. The van der Waals surface area contributed by atoms with Crippen LogP contribution in [0, 0.1) is 5.92 Å². The lowest BCUT2D eigenvalue weighted by atomic mass is 10.2. The van der Waals surface area contributed by atoms with Crippen molar-refractivity contribution in [3.05, 3.63) is 24.3 Å². The summed E-state index contributed by atoms with van der Waals surface area (Å²) < 4.78 is 24.7. The quantitative estimate of drug-likeness (QED) is 0.848. The summed E-state index contributed by atoms with van der Waals surface area (Å²) in [6.07, 6.45) is -2.41. The van der Waals surface area contributed by atoms with Crippen LogP contribution in [0.1, 0.15) is 20.8 Å². The van der Waals surface area contributed by atoms with Crippen LogP contribution >= 0.6 is 0 Å². The number of benzene rings is 1. The SMILES string of the molecule is CC(C)C(=O)Nc1ccc(NC(C)C(F)F)cc1. The van der Waals surface area contributed by atoms with Crippen LogP contribution < -0.4 is 10.6 Å². The number of alkyl halides is 2. The third kappa shape index (κ3) is 4.31. The largest absolute Gasteiger partial charge is 0.377 e. The van der Waals surface area contributed by atoms with E-state index >= 15 is 0 Å². The highest BCUT2D eigenvalue weighted by Gasteiger charge is 2.13. The molecule has 0 fully saturated rings. The number of hydrogen-bond acceptors (Lipinski definition) is 2. The van der Waals surface area contributed by atoms with Crippen LogP contribution in [0.25, 0.3) is 0 Å². The molecular weight excluding hydrogens is 238 g/mol. The lowest BCUT2D eigenvalue weighted by Gasteiger charge is -2.14. The van der Waals surface area contributed by atoms with E-state index in [9.17, 15) is 13.6 Å². The zero-order valence-corrected chi connectivity index (χ0v) is 10.7. The molecule has 18 heavy (non-hydrogen) atoms. The van der Waals surface area contributed by atoms with Crippen molar-refractivity contribution in [3.63, 3.8) is 0 Å². The molecular formula is C13H18F2N2O. The van der Waals surface area contributed by atoms with Crippen LogP contribution in [0.3, 0.4) is 0 Å². The molecule has 5 heteroatoms. The first kappa shape index (κ1) is 14.4. The van der Waals surface area contributed by atoms with Crippen molar-refractivity contribution in [2.24, 2.45) is 5.92 Å². The first-order valence-electron chi connectivity index (χ1n) is 5.85. The molecule has 100 valence electrons. The van der Waals surface area contributed by atoms with Gasteiger partial charge in [-0.25, -0.2) is 8.78 Å². The lowest BCUT2D eigenvalue weighted by Crippen LogP contribution is -2.23. The third-order valence-electron chi connectivity index (χ3n) is 2.45. The van der Waals surface area contributed by atoms with Crippen molar-refractivity contribution in [2.45, 2.75) is 33.2 Å². The van der Waals surface area contributed by atoms with E-state index in [2.05, 4.69) is 10.6 Å². The normalized spacial score (nSPS) is 12.6. The molecule has 0 aliphatic carbocycles. The molecule has 0 heterocycles. The molecule has 2 N–H and O–H groups in total. The number of nitrogens with one attached hydrogen (secondary N) is 2. The number of amides is 1. The van der Waals surface area contributed by atoms with Gasteiger partial charge in [-0.15, -0.1) is 0 Å². The summed E-state index contributed by atoms with van der Waals surface area (Å²) in [5.41, 5.74) is 1.26. The fraction of sp³-hybridized carbons (Fsp3) is 0.462. The maximum atomic E-state index is 12.3. The van der Waals surface area contributed by atoms with Crippen LogP contribution in [0.4, 0.5) is 20.2 Å². The number of hydrogen-bond donors (Lipinski definition) is 2. The van der Waals surface area contributed by atoms with E-state index in [0.717, 1.165) is 0 Å². The summed E-state index contributed by atoms with van der Waals surface area (Å²) in [4.78, 5) is 11.4. The highest BCUT2D eigenvalue weighted by molar-refractivity contribution is 5.92.